The third-order valence-electron chi connectivity index (χ3n) is 5.69. The number of hydrogen-bond donors (Lipinski definition) is 2. The maximum absolute atomic E-state index is 13.1. The van der Waals surface area contributed by atoms with E-state index in [4.69, 9.17) is 4.74 Å². The number of carbonyl (C=O) groups excluding carboxylic acids is 3. The summed E-state index contributed by atoms with van der Waals surface area (Å²) in [5.41, 5.74) is 1.58. The zero-order chi connectivity index (χ0) is 25.9. The number of hydrogen-bond acceptors (Lipinski definition) is 8. The van der Waals surface area contributed by atoms with E-state index in [1.165, 1.54) is 46.8 Å². The summed E-state index contributed by atoms with van der Waals surface area (Å²) in [6.45, 7) is 3.78. The largest absolute Gasteiger partial charge is 0.466 e. The van der Waals surface area contributed by atoms with E-state index in [9.17, 15) is 22.8 Å². The quantitative estimate of drug-likeness (QED) is 0.447. The van der Waals surface area contributed by atoms with Gasteiger partial charge in [0.1, 0.15) is 0 Å². The average molecular weight is 531 g/mol. The maximum atomic E-state index is 13.1. The fourth-order valence-corrected chi connectivity index (χ4v) is 6.39. The molecule has 2 aromatic carbocycles. The van der Waals surface area contributed by atoms with E-state index in [0.29, 0.717) is 35.7 Å². The van der Waals surface area contributed by atoms with Gasteiger partial charge in [-0.1, -0.05) is 11.3 Å². The van der Waals surface area contributed by atoms with E-state index in [-0.39, 0.29) is 35.5 Å². The molecule has 1 fully saturated rings. The summed E-state index contributed by atoms with van der Waals surface area (Å²) in [7, 11) is -3.82. The predicted molar refractivity (Wildman–Crippen MR) is 136 cm³/mol. The molecule has 10 nitrogen and oxygen atoms in total. The first-order valence-corrected chi connectivity index (χ1v) is 13.7. The van der Waals surface area contributed by atoms with Gasteiger partial charge in [-0.05, 0) is 62.2 Å². The van der Waals surface area contributed by atoms with Crippen LogP contribution < -0.4 is 10.6 Å². The van der Waals surface area contributed by atoms with Crippen molar-refractivity contribution >= 4 is 60.2 Å². The van der Waals surface area contributed by atoms with Crippen LogP contribution in [-0.4, -0.2) is 55.2 Å². The lowest BCUT2D eigenvalue weighted by molar-refractivity contribution is -0.149. The van der Waals surface area contributed by atoms with Crippen LogP contribution in [0.2, 0.25) is 0 Å². The van der Waals surface area contributed by atoms with Gasteiger partial charge in [0.2, 0.25) is 15.9 Å². The zero-order valence-electron chi connectivity index (χ0n) is 19.8. The Balaban J connectivity index is 1.44. The molecule has 0 saturated carbocycles. The van der Waals surface area contributed by atoms with Crippen molar-refractivity contribution in [2.24, 2.45) is 5.92 Å². The molecule has 0 aliphatic carbocycles. The second-order valence-corrected chi connectivity index (χ2v) is 11.3. The minimum atomic E-state index is -3.82. The minimum absolute atomic E-state index is 0.0500. The molecule has 3 aromatic rings. The number of rotatable bonds is 7. The number of esters is 1. The van der Waals surface area contributed by atoms with Crippen LogP contribution in [0.3, 0.4) is 0 Å². The maximum Gasteiger partial charge on any atom is 0.310 e. The number of piperidine rings is 1. The minimum Gasteiger partial charge on any atom is -0.466 e. The first-order chi connectivity index (χ1) is 17.2. The Morgan fingerprint density at radius 1 is 1.14 bits per heavy atom. The molecule has 0 bridgehead atoms. The summed E-state index contributed by atoms with van der Waals surface area (Å²) in [6.07, 6.45) is 1.15. The predicted octanol–water partition coefficient (Wildman–Crippen LogP) is 3.47. The number of benzene rings is 2. The Morgan fingerprint density at radius 3 is 2.58 bits per heavy atom. The van der Waals surface area contributed by atoms with Crippen LogP contribution in [0, 0.1) is 5.92 Å². The number of ether oxygens (including phenoxy) is 1. The summed E-state index contributed by atoms with van der Waals surface area (Å²) >= 11 is 1.26. The second kappa shape index (κ2) is 10.7. The lowest BCUT2D eigenvalue weighted by atomic mass is 10.0. The molecule has 2 amide bonds. The van der Waals surface area contributed by atoms with Crippen molar-refractivity contribution in [2.75, 3.05) is 30.3 Å². The molecule has 1 aliphatic rings. The Labute approximate surface area is 212 Å². The lowest BCUT2D eigenvalue weighted by Gasteiger charge is -2.30. The van der Waals surface area contributed by atoms with Crippen LogP contribution in [-0.2, 0) is 24.3 Å². The normalized spacial score (nSPS) is 16.4. The SMILES string of the molecule is CCOC(=O)C1CCCN(S(=O)(=O)c2ccc(C(=O)Nc3nc4ccc(NC(C)=O)cc4s3)cc2)C1. The number of nitrogens with zero attached hydrogens (tertiary/aromatic N) is 2. The van der Waals surface area contributed by atoms with Crippen molar-refractivity contribution < 1.29 is 27.5 Å². The summed E-state index contributed by atoms with van der Waals surface area (Å²) < 4.78 is 33.4. The van der Waals surface area contributed by atoms with E-state index in [1.807, 2.05) is 0 Å². The van der Waals surface area contributed by atoms with Gasteiger partial charge in [-0.3, -0.25) is 19.7 Å². The number of nitrogens with one attached hydrogen (secondary N) is 2. The molecule has 0 spiro atoms. The van der Waals surface area contributed by atoms with Crippen molar-refractivity contribution in [3.8, 4) is 0 Å². The van der Waals surface area contributed by atoms with Gasteiger partial charge < -0.3 is 10.1 Å². The topological polar surface area (TPSA) is 135 Å². The van der Waals surface area contributed by atoms with Crippen molar-refractivity contribution in [3.63, 3.8) is 0 Å². The number of amides is 2. The second-order valence-electron chi connectivity index (χ2n) is 8.32. The van der Waals surface area contributed by atoms with Gasteiger partial charge in [0.05, 0.1) is 27.6 Å². The first-order valence-electron chi connectivity index (χ1n) is 11.4. The van der Waals surface area contributed by atoms with Crippen LogP contribution in [0.1, 0.15) is 37.0 Å². The lowest BCUT2D eigenvalue weighted by Crippen LogP contribution is -2.42. The molecule has 36 heavy (non-hydrogen) atoms. The number of aromatic nitrogens is 1. The molecule has 190 valence electrons. The molecule has 1 saturated heterocycles. The van der Waals surface area contributed by atoms with Crippen LogP contribution in [0.25, 0.3) is 10.2 Å². The van der Waals surface area contributed by atoms with Crippen LogP contribution in [0.15, 0.2) is 47.4 Å². The Bertz CT molecular complexity index is 1400. The Kier molecular flexibility index (Phi) is 7.67. The van der Waals surface area contributed by atoms with Gasteiger partial charge in [0.15, 0.2) is 5.13 Å². The van der Waals surface area contributed by atoms with Crippen LogP contribution in [0.4, 0.5) is 10.8 Å². The molecule has 1 aromatic heterocycles. The molecular formula is C24H26N4O6S2. The highest BCUT2D eigenvalue weighted by molar-refractivity contribution is 7.89. The van der Waals surface area contributed by atoms with Gasteiger partial charge in [-0.15, -0.1) is 0 Å². The van der Waals surface area contributed by atoms with E-state index in [0.717, 1.165) is 4.70 Å². The van der Waals surface area contributed by atoms with E-state index >= 15 is 0 Å². The fraction of sp³-hybridized carbons (Fsp3) is 0.333. The molecular weight excluding hydrogens is 504 g/mol. The molecule has 4 rings (SSSR count). The van der Waals surface area contributed by atoms with E-state index in [2.05, 4.69) is 15.6 Å². The van der Waals surface area contributed by atoms with Crippen molar-refractivity contribution in [1.82, 2.24) is 9.29 Å². The Morgan fingerprint density at radius 2 is 1.89 bits per heavy atom. The van der Waals surface area contributed by atoms with Crippen LogP contribution >= 0.6 is 11.3 Å². The molecule has 0 radical (unpaired) electrons. The number of thiazole rings is 1. The molecule has 1 atom stereocenters. The highest BCUT2D eigenvalue weighted by atomic mass is 32.2. The van der Waals surface area contributed by atoms with E-state index in [1.54, 1.807) is 25.1 Å². The average Bonchev–Trinajstić information content (AvgIpc) is 3.25. The number of sulfonamides is 1. The monoisotopic (exact) mass is 530 g/mol. The highest BCUT2D eigenvalue weighted by Crippen LogP contribution is 2.29. The number of carbonyl (C=O) groups is 3. The van der Waals surface area contributed by atoms with Crippen molar-refractivity contribution in [3.05, 3.63) is 48.0 Å². The van der Waals surface area contributed by atoms with Gasteiger partial charge in [-0.25, -0.2) is 13.4 Å². The summed E-state index contributed by atoms with van der Waals surface area (Å²) in [5.74, 6) is -1.48. The molecule has 2 heterocycles. The smallest absolute Gasteiger partial charge is 0.310 e. The van der Waals surface area contributed by atoms with Gasteiger partial charge >= 0.3 is 5.97 Å². The Hall–Kier alpha value is -3.35. The number of anilines is 2. The fourth-order valence-electron chi connectivity index (χ4n) is 3.97. The zero-order valence-corrected chi connectivity index (χ0v) is 21.4. The van der Waals surface area contributed by atoms with Gasteiger partial charge in [-0.2, -0.15) is 4.31 Å². The molecule has 12 heteroatoms. The highest BCUT2D eigenvalue weighted by Gasteiger charge is 2.34. The molecule has 2 N–H and O–H groups in total. The third-order valence-corrected chi connectivity index (χ3v) is 8.50. The van der Waals surface area contributed by atoms with E-state index < -0.39 is 21.8 Å². The van der Waals surface area contributed by atoms with Gasteiger partial charge in [0.25, 0.3) is 5.91 Å². The first kappa shape index (κ1) is 25.7. The summed E-state index contributed by atoms with van der Waals surface area (Å²) in [5, 5.41) is 5.81. The number of fused-ring (bicyclic) bond motifs is 1. The molecule has 1 unspecified atom stereocenters. The summed E-state index contributed by atoms with van der Waals surface area (Å²) in [4.78, 5) is 40.5. The summed E-state index contributed by atoms with van der Waals surface area (Å²) in [6, 6.07) is 10.9. The third kappa shape index (κ3) is 5.72. The van der Waals surface area contributed by atoms with Crippen LogP contribution in [0.5, 0.6) is 0 Å². The standard InChI is InChI=1S/C24H26N4O6S2/c1-3-34-23(31)17-5-4-12-28(14-17)36(32,33)19-9-6-16(7-10-19)22(30)27-24-26-20-11-8-18(25-15(2)29)13-21(20)35-24/h6-11,13,17H,3-5,12,14H2,1-2H3,(H,25,29)(H,26,27,30). The molecule has 1 aliphatic heterocycles. The van der Waals surface area contributed by atoms with Gasteiger partial charge in [0, 0.05) is 31.3 Å². The van der Waals surface area contributed by atoms with Crippen molar-refractivity contribution in [1.29, 1.82) is 0 Å². The van der Waals surface area contributed by atoms with Crippen molar-refractivity contribution in [2.45, 2.75) is 31.6 Å².